The normalized spacial score (nSPS) is 11.5. The van der Waals surface area contributed by atoms with E-state index in [1.165, 1.54) is 41.7 Å². The van der Waals surface area contributed by atoms with Crippen LogP contribution in [0.1, 0.15) is 16.1 Å². The summed E-state index contributed by atoms with van der Waals surface area (Å²) >= 11 is 7.58. The molecule has 0 saturated heterocycles. The number of rotatable bonds is 6. The number of thiazole rings is 1. The van der Waals surface area contributed by atoms with Gasteiger partial charge in [-0.3, -0.25) is 13.9 Å². The molecule has 0 aliphatic heterocycles. The highest BCUT2D eigenvalue weighted by Gasteiger charge is 2.19. The Balaban J connectivity index is 1.52. The highest BCUT2D eigenvalue weighted by atomic mass is 35.5. The van der Waals surface area contributed by atoms with Crippen LogP contribution in [0.4, 0.5) is 10.1 Å². The second-order valence-electron chi connectivity index (χ2n) is 6.26. The largest absolute Gasteiger partial charge is 0.346 e. The lowest BCUT2D eigenvalue weighted by Gasteiger charge is -2.11. The number of nitrogens with one attached hydrogen (secondary N) is 2. The number of nitrogens with zero attached hydrogens (tertiary/aromatic N) is 2. The van der Waals surface area contributed by atoms with Crippen molar-refractivity contribution < 1.29 is 17.6 Å². The minimum atomic E-state index is -4.00. The Morgan fingerprint density at radius 3 is 2.70 bits per heavy atom. The van der Waals surface area contributed by atoms with E-state index >= 15 is 0 Å². The molecule has 0 unspecified atom stereocenters. The number of imidazole rings is 1. The van der Waals surface area contributed by atoms with Crippen LogP contribution in [0.2, 0.25) is 5.02 Å². The standard InChI is InChI=1S/C19H14ClFN4O3S2/c20-17-6-5-15(30(27,28)24-13-3-1-12(21)2-4-13)9-16(17)18(26)22-10-14-11-25-7-8-29-19(25)23-14/h1-9,11,24H,10H2,(H,22,26). The van der Waals surface area contributed by atoms with Crippen molar-refractivity contribution in [3.8, 4) is 0 Å². The van der Waals surface area contributed by atoms with E-state index in [2.05, 4.69) is 15.0 Å². The quantitative estimate of drug-likeness (QED) is 0.452. The number of hydrogen-bond acceptors (Lipinski definition) is 5. The molecule has 4 rings (SSSR count). The van der Waals surface area contributed by atoms with Gasteiger partial charge in [-0.05, 0) is 42.5 Å². The maximum atomic E-state index is 13.0. The number of fused-ring (bicyclic) bond motifs is 1. The third-order valence-corrected chi connectivity index (χ3v) is 6.64. The number of carbonyl (C=O) groups is 1. The molecular weight excluding hydrogens is 451 g/mol. The molecule has 1 amide bonds. The number of aromatic nitrogens is 2. The maximum absolute atomic E-state index is 13.0. The lowest BCUT2D eigenvalue weighted by Crippen LogP contribution is -2.24. The molecule has 30 heavy (non-hydrogen) atoms. The summed E-state index contributed by atoms with van der Waals surface area (Å²) in [5.41, 5.74) is 0.866. The van der Waals surface area contributed by atoms with Crippen molar-refractivity contribution >= 4 is 49.5 Å². The first-order chi connectivity index (χ1) is 14.3. The van der Waals surface area contributed by atoms with Crippen LogP contribution in [0, 0.1) is 5.82 Å². The average molecular weight is 465 g/mol. The summed E-state index contributed by atoms with van der Waals surface area (Å²) in [6.07, 6.45) is 3.65. The van der Waals surface area contributed by atoms with Gasteiger partial charge >= 0.3 is 0 Å². The zero-order valence-corrected chi connectivity index (χ0v) is 17.6. The van der Waals surface area contributed by atoms with Crippen molar-refractivity contribution in [1.29, 1.82) is 0 Å². The van der Waals surface area contributed by atoms with Crippen LogP contribution in [-0.4, -0.2) is 23.7 Å². The van der Waals surface area contributed by atoms with Gasteiger partial charge in [0.15, 0.2) is 4.96 Å². The number of hydrogen-bond donors (Lipinski definition) is 2. The molecule has 0 aliphatic carbocycles. The van der Waals surface area contributed by atoms with Crippen LogP contribution >= 0.6 is 22.9 Å². The second kappa shape index (κ2) is 8.05. The van der Waals surface area contributed by atoms with Gasteiger partial charge in [0.1, 0.15) is 5.82 Å². The first kappa shape index (κ1) is 20.3. The molecular formula is C19H14ClFN4O3S2. The van der Waals surface area contributed by atoms with Gasteiger partial charge in [0.25, 0.3) is 15.9 Å². The molecule has 0 saturated carbocycles. The van der Waals surface area contributed by atoms with Crippen molar-refractivity contribution in [1.82, 2.24) is 14.7 Å². The Bertz CT molecular complexity index is 1310. The van der Waals surface area contributed by atoms with Gasteiger partial charge in [-0.25, -0.2) is 17.8 Å². The molecule has 0 aliphatic rings. The van der Waals surface area contributed by atoms with Gasteiger partial charge in [0.05, 0.1) is 27.7 Å². The molecule has 2 heterocycles. The topological polar surface area (TPSA) is 92.6 Å². The smallest absolute Gasteiger partial charge is 0.261 e. The van der Waals surface area contributed by atoms with Crippen LogP contribution in [0.3, 0.4) is 0 Å². The molecule has 0 atom stereocenters. The van der Waals surface area contributed by atoms with Gasteiger partial charge in [0, 0.05) is 23.5 Å². The van der Waals surface area contributed by atoms with Crippen LogP contribution < -0.4 is 10.0 Å². The SMILES string of the molecule is O=C(NCc1cn2ccsc2n1)c1cc(S(=O)(=O)Nc2ccc(F)cc2)ccc1Cl. The van der Waals surface area contributed by atoms with Crippen LogP contribution in [0.15, 0.2) is 65.1 Å². The molecule has 0 bridgehead atoms. The number of halogens is 2. The fourth-order valence-electron chi connectivity index (χ4n) is 2.70. The van der Waals surface area contributed by atoms with E-state index in [4.69, 9.17) is 11.6 Å². The first-order valence-electron chi connectivity index (χ1n) is 8.59. The van der Waals surface area contributed by atoms with Gasteiger partial charge < -0.3 is 5.32 Å². The van der Waals surface area contributed by atoms with Crippen molar-refractivity contribution in [2.45, 2.75) is 11.4 Å². The summed E-state index contributed by atoms with van der Waals surface area (Å²) in [6, 6.07) is 8.68. The molecule has 0 fully saturated rings. The third-order valence-electron chi connectivity index (χ3n) is 4.16. The van der Waals surface area contributed by atoms with E-state index in [9.17, 15) is 17.6 Å². The van der Waals surface area contributed by atoms with E-state index in [0.717, 1.165) is 17.1 Å². The van der Waals surface area contributed by atoms with Crippen molar-refractivity contribution in [3.63, 3.8) is 0 Å². The summed E-state index contributed by atoms with van der Waals surface area (Å²) < 4.78 is 42.5. The van der Waals surface area contributed by atoms with E-state index < -0.39 is 21.7 Å². The number of anilines is 1. The Morgan fingerprint density at radius 2 is 1.97 bits per heavy atom. The second-order valence-corrected chi connectivity index (χ2v) is 9.22. The summed E-state index contributed by atoms with van der Waals surface area (Å²) in [7, 11) is -4.00. The first-order valence-corrected chi connectivity index (χ1v) is 11.3. The van der Waals surface area contributed by atoms with E-state index in [-0.39, 0.29) is 27.7 Å². The molecule has 11 heteroatoms. The number of benzene rings is 2. The fraction of sp³-hybridized carbons (Fsp3) is 0.0526. The molecule has 2 aromatic heterocycles. The third kappa shape index (κ3) is 4.30. The number of sulfonamides is 1. The minimum Gasteiger partial charge on any atom is -0.346 e. The maximum Gasteiger partial charge on any atom is 0.261 e. The summed E-state index contributed by atoms with van der Waals surface area (Å²) in [5.74, 6) is -1.02. The van der Waals surface area contributed by atoms with Crippen molar-refractivity contribution in [3.05, 3.63) is 82.3 Å². The Hall–Kier alpha value is -2.95. The van der Waals surface area contributed by atoms with Gasteiger partial charge in [-0.1, -0.05) is 11.6 Å². The van der Waals surface area contributed by atoms with Gasteiger partial charge in [-0.2, -0.15) is 0 Å². The minimum absolute atomic E-state index is 0.0136. The highest BCUT2D eigenvalue weighted by molar-refractivity contribution is 7.92. The Morgan fingerprint density at radius 1 is 1.20 bits per heavy atom. The lowest BCUT2D eigenvalue weighted by molar-refractivity contribution is 0.0950. The van der Waals surface area contributed by atoms with Crippen molar-refractivity contribution in [2.75, 3.05) is 4.72 Å². The van der Waals surface area contributed by atoms with Crippen molar-refractivity contribution in [2.24, 2.45) is 0 Å². The average Bonchev–Trinajstić information content (AvgIpc) is 3.30. The molecule has 7 nitrogen and oxygen atoms in total. The monoisotopic (exact) mass is 464 g/mol. The number of carbonyl (C=O) groups excluding carboxylic acids is 1. The van der Waals surface area contributed by atoms with Gasteiger partial charge in [0.2, 0.25) is 0 Å². The molecule has 2 aromatic carbocycles. The Labute approximate surface area is 180 Å². The van der Waals surface area contributed by atoms with E-state index in [0.29, 0.717) is 5.69 Å². The summed E-state index contributed by atoms with van der Waals surface area (Å²) in [6.45, 7) is 0.161. The molecule has 0 radical (unpaired) electrons. The molecule has 0 spiro atoms. The fourth-order valence-corrected chi connectivity index (χ4v) is 4.71. The highest BCUT2D eigenvalue weighted by Crippen LogP contribution is 2.23. The van der Waals surface area contributed by atoms with Crippen LogP contribution in [-0.2, 0) is 16.6 Å². The van der Waals surface area contributed by atoms with E-state index in [1.807, 2.05) is 16.0 Å². The zero-order chi connectivity index (χ0) is 21.3. The predicted molar refractivity (Wildman–Crippen MR) is 113 cm³/mol. The van der Waals surface area contributed by atoms with Crippen LogP contribution in [0.5, 0.6) is 0 Å². The van der Waals surface area contributed by atoms with Crippen LogP contribution in [0.25, 0.3) is 4.96 Å². The lowest BCUT2D eigenvalue weighted by atomic mass is 10.2. The van der Waals surface area contributed by atoms with Gasteiger partial charge in [-0.15, -0.1) is 11.3 Å². The molecule has 4 aromatic rings. The molecule has 154 valence electrons. The summed E-state index contributed by atoms with van der Waals surface area (Å²) in [5, 5.41) is 4.70. The Kier molecular flexibility index (Phi) is 5.46. The zero-order valence-electron chi connectivity index (χ0n) is 15.2. The predicted octanol–water partition coefficient (Wildman–Crippen LogP) is 3.92. The molecule has 2 N–H and O–H groups in total. The van der Waals surface area contributed by atoms with E-state index in [1.54, 1.807) is 6.20 Å². The number of amides is 1. The summed E-state index contributed by atoms with van der Waals surface area (Å²) in [4.78, 5) is 17.6.